The normalized spacial score (nSPS) is 13.0. The van der Waals surface area contributed by atoms with E-state index < -0.39 is 0 Å². The third-order valence-electron chi connectivity index (χ3n) is 3.08. The molecule has 1 rings (SSSR count). The highest BCUT2D eigenvalue weighted by Crippen LogP contribution is 2.20. The summed E-state index contributed by atoms with van der Waals surface area (Å²) in [7, 11) is 0. The van der Waals surface area contributed by atoms with Gasteiger partial charge in [0.25, 0.3) is 0 Å². The molecule has 0 saturated carbocycles. The Hall–Kier alpha value is -0.340. The summed E-state index contributed by atoms with van der Waals surface area (Å²) >= 11 is 1.92. The van der Waals surface area contributed by atoms with Crippen molar-refractivity contribution in [2.75, 3.05) is 0 Å². The topological polar surface area (TPSA) is 12.0 Å². The Balaban J connectivity index is 2.23. The largest absolute Gasteiger partial charge is 0.309 e. The van der Waals surface area contributed by atoms with E-state index in [1.807, 2.05) is 11.3 Å². The zero-order valence-electron chi connectivity index (χ0n) is 11.1. The van der Waals surface area contributed by atoms with E-state index in [1.165, 1.54) is 41.0 Å². The van der Waals surface area contributed by atoms with Gasteiger partial charge < -0.3 is 5.32 Å². The highest BCUT2D eigenvalue weighted by molar-refractivity contribution is 7.12. The summed E-state index contributed by atoms with van der Waals surface area (Å²) in [5.41, 5.74) is 1.43. The first-order valence-electron chi connectivity index (χ1n) is 6.42. The summed E-state index contributed by atoms with van der Waals surface area (Å²) in [6, 6.07) is 2.96. The lowest BCUT2D eigenvalue weighted by atomic mass is 10.1. The monoisotopic (exact) mass is 239 g/mol. The molecule has 92 valence electrons. The third-order valence-corrected chi connectivity index (χ3v) is 4.23. The Morgan fingerprint density at radius 1 is 1.31 bits per heavy atom. The van der Waals surface area contributed by atoms with Crippen LogP contribution in [-0.4, -0.2) is 6.04 Å². The second kappa shape index (κ2) is 7.08. The van der Waals surface area contributed by atoms with Crippen molar-refractivity contribution < 1.29 is 0 Å². The minimum Gasteiger partial charge on any atom is -0.309 e. The van der Waals surface area contributed by atoms with Crippen molar-refractivity contribution in [3.63, 3.8) is 0 Å². The first kappa shape index (κ1) is 13.7. The van der Waals surface area contributed by atoms with Crippen LogP contribution in [0.2, 0.25) is 0 Å². The molecule has 1 unspecified atom stereocenters. The maximum absolute atomic E-state index is 3.61. The molecule has 1 heterocycles. The highest BCUT2D eigenvalue weighted by Gasteiger charge is 2.04. The predicted molar refractivity (Wildman–Crippen MR) is 74.2 cm³/mol. The number of thiophene rings is 1. The SMILES string of the molecule is CCCCCC(C)NCc1cc(C)c(C)s1. The van der Waals surface area contributed by atoms with Crippen molar-refractivity contribution in [2.24, 2.45) is 0 Å². The maximum Gasteiger partial charge on any atom is 0.0302 e. The lowest BCUT2D eigenvalue weighted by molar-refractivity contribution is 0.489. The van der Waals surface area contributed by atoms with Crippen molar-refractivity contribution in [1.82, 2.24) is 5.32 Å². The Labute approximate surface area is 104 Å². The number of rotatable bonds is 7. The molecule has 0 aromatic carbocycles. The average Bonchev–Trinajstić information content (AvgIpc) is 2.56. The molecular weight excluding hydrogens is 214 g/mol. The molecule has 1 aromatic rings. The highest BCUT2D eigenvalue weighted by atomic mass is 32.1. The first-order chi connectivity index (χ1) is 7.63. The molecule has 0 aliphatic carbocycles. The Kier molecular flexibility index (Phi) is 6.07. The molecular formula is C14H25NS. The van der Waals surface area contributed by atoms with Gasteiger partial charge in [-0.1, -0.05) is 26.2 Å². The smallest absolute Gasteiger partial charge is 0.0302 e. The predicted octanol–water partition coefficient (Wildman–Crippen LogP) is 4.42. The minimum atomic E-state index is 0.647. The molecule has 0 amide bonds. The Bertz CT molecular complexity index is 284. The fourth-order valence-corrected chi connectivity index (χ4v) is 2.82. The summed E-state index contributed by atoms with van der Waals surface area (Å²) < 4.78 is 0. The lowest BCUT2D eigenvalue weighted by Gasteiger charge is -2.12. The van der Waals surface area contributed by atoms with E-state index in [0.29, 0.717) is 6.04 Å². The summed E-state index contributed by atoms with van der Waals surface area (Å²) in [5.74, 6) is 0. The molecule has 1 atom stereocenters. The van der Waals surface area contributed by atoms with Gasteiger partial charge in [0, 0.05) is 22.3 Å². The fourth-order valence-electron chi connectivity index (χ4n) is 1.81. The molecule has 2 heteroatoms. The van der Waals surface area contributed by atoms with Gasteiger partial charge in [-0.2, -0.15) is 0 Å². The van der Waals surface area contributed by atoms with Gasteiger partial charge >= 0.3 is 0 Å². The molecule has 0 radical (unpaired) electrons. The van der Waals surface area contributed by atoms with Crippen LogP contribution in [0.5, 0.6) is 0 Å². The number of hydrogen-bond acceptors (Lipinski definition) is 2. The molecule has 1 aromatic heterocycles. The van der Waals surface area contributed by atoms with Gasteiger partial charge in [0.1, 0.15) is 0 Å². The van der Waals surface area contributed by atoms with Crippen LogP contribution in [0.3, 0.4) is 0 Å². The zero-order valence-corrected chi connectivity index (χ0v) is 11.9. The van der Waals surface area contributed by atoms with Gasteiger partial charge in [-0.05, 0) is 38.8 Å². The maximum atomic E-state index is 3.61. The standard InChI is InChI=1S/C14H25NS/c1-5-6-7-8-12(3)15-10-14-9-11(2)13(4)16-14/h9,12,15H,5-8,10H2,1-4H3. The van der Waals surface area contributed by atoms with Crippen molar-refractivity contribution in [3.05, 3.63) is 21.4 Å². The third kappa shape index (κ3) is 4.67. The number of nitrogens with one attached hydrogen (secondary N) is 1. The van der Waals surface area contributed by atoms with Crippen molar-refractivity contribution in [3.8, 4) is 0 Å². The van der Waals surface area contributed by atoms with E-state index in [9.17, 15) is 0 Å². The summed E-state index contributed by atoms with van der Waals surface area (Å²) in [5, 5.41) is 3.61. The van der Waals surface area contributed by atoms with E-state index in [2.05, 4.69) is 39.1 Å². The molecule has 0 aliphatic rings. The van der Waals surface area contributed by atoms with Crippen LogP contribution >= 0.6 is 11.3 Å². The Morgan fingerprint density at radius 2 is 2.06 bits per heavy atom. The second-order valence-corrected chi connectivity index (χ2v) is 6.07. The van der Waals surface area contributed by atoms with Gasteiger partial charge in [0.05, 0.1) is 0 Å². The molecule has 16 heavy (non-hydrogen) atoms. The first-order valence-corrected chi connectivity index (χ1v) is 7.24. The van der Waals surface area contributed by atoms with Gasteiger partial charge in [0.2, 0.25) is 0 Å². The quantitative estimate of drug-likeness (QED) is 0.694. The summed E-state index contributed by atoms with van der Waals surface area (Å²) in [6.07, 6.45) is 5.34. The van der Waals surface area contributed by atoms with Crippen LogP contribution in [0.25, 0.3) is 0 Å². The van der Waals surface area contributed by atoms with E-state index in [0.717, 1.165) is 6.54 Å². The molecule has 0 bridgehead atoms. The number of aryl methyl sites for hydroxylation is 2. The van der Waals surface area contributed by atoms with Crippen molar-refractivity contribution in [1.29, 1.82) is 0 Å². The van der Waals surface area contributed by atoms with Crippen LogP contribution in [0.15, 0.2) is 6.07 Å². The molecule has 0 aliphatic heterocycles. The molecule has 0 spiro atoms. The van der Waals surface area contributed by atoms with Crippen molar-refractivity contribution >= 4 is 11.3 Å². The van der Waals surface area contributed by atoms with Crippen LogP contribution in [-0.2, 0) is 6.54 Å². The van der Waals surface area contributed by atoms with E-state index in [1.54, 1.807) is 0 Å². The lowest BCUT2D eigenvalue weighted by Crippen LogP contribution is -2.24. The number of unbranched alkanes of at least 4 members (excludes halogenated alkanes) is 2. The van der Waals surface area contributed by atoms with E-state index in [-0.39, 0.29) is 0 Å². The van der Waals surface area contributed by atoms with Crippen LogP contribution in [0.4, 0.5) is 0 Å². The zero-order chi connectivity index (χ0) is 12.0. The van der Waals surface area contributed by atoms with Crippen LogP contribution in [0, 0.1) is 13.8 Å². The molecule has 1 N–H and O–H groups in total. The molecule has 0 saturated heterocycles. The van der Waals surface area contributed by atoms with Crippen molar-refractivity contribution in [2.45, 2.75) is 66.0 Å². The average molecular weight is 239 g/mol. The van der Waals surface area contributed by atoms with Gasteiger partial charge in [-0.15, -0.1) is 11.3 Å². The van der Waals surface area contributed by atoms with Gasteiger partial charge in [-0.25, -0.2) is 0 Å². The summed E-state index contributed by atoms with van der Waals surface area (Å²) in [4.78, 5) is 2.92. The van der Waals surface area contributed by atoms with Gasteiger partial charge in [-0.3, -0.25) is 0 Å². The fraction of sp³-hybridized carbons (Fsp3) is 0.714. The van der Waals surface area contributed by atoms with Gasteiger partial charge in [0.15, 0.2) is 0 Å². The Morgan fingerprint density at radius 3 is 2.62 bits per heavy atom. The minimum absolute atomic E-state index is 0.647. The second-order valence-electron chi connectivity index (χ2n) is 4.73. The number of hydrogen-bond donors (Lipinski definition) is 1. The van der Waals surface area contributed by atoms with Crippen LogP contribution < -0.4 is 5.32 Å². The molecule has 1 nitrogen and oxygen atoms in total. The van der Waals surface area contributed by atoms with E-state index in [4.69, 9.17) is 0 Å². The molecule has 0 fully saturated rings. The van der Waals surface area contributed by atoms with Crippen LogP contribution in [0.1, 0.15) is 54.8 Å². The van der Waals surface area contributed by atoms with E-state index >= 15 is 0 Å². The summed E-state index contributed by atoms with van der Waals surface area (Å²) in [6.45, 7) is 9.99.